The summed E-state index contributed by atoms with van der Waals surface area (Å²) >= 11 is 0. The number of carbonyl (C=O) groups is 1. The van der Waals surface area contributed by atoms with Crippen molar-refractivity contribution >= 4 is 5.97 Å². The van der Waals surface area contributed by atoms with E-state index >= 15 is 0 Å². The number of hydrogen-bond acceptors (Lipinski definition) is 2. The van der Waals surface area contributed by atoms with Gasteiger partial charge in [0.2, 0.25) is 0 Å². The third-order valence-corrected chi connectivity index (χ3v) is 1.14. The summed E-state index contributed by atoms with van der Waals surface area (Å²) in [6.45, 7) is 5.06. The average Bonchev–Trinajstić information content (AvgIpc) is 1.88. The number of carboxylic acids is 1. The molecule has 0 bridgehead atoms. The van der Waals surface area contributed by atoms with Gasteiger partial charge < -0.3 is 10.4 Å². The third kappa shape index (κ3) is 4.09. The van der Waals surface area contributed by atoms with E-state index in [2.05, 4.69) is 5.32 Å². The summed E-state index contributed by atoms with van der Waals surface area (Å²) in [7, 11) is 0. The molecular formula is C7H13NO2. The van der Waals surface area contributed by atoms with Gasteiger partial charge in [0.1, 0.15) is 0 Å². The maximum Gasteiger partial charge on any atom is 0.330 e. The molecule has 0 fully saturated rings. The maximum absolute atomic E-state index is 10.2. The van der Waals surface area contributed by atoms with E-state index in [4.69, 9.17) is 5.11 Å². The van der Waals surface area contributed by atoms with Crippen LogP contribution in [0.25, 0.3) is 0 Å². The van der Waals surface area contributed by atoms with Gasteiger partial charge in [0, 0.05) is 12.1 Å². The molecule has 0 heterocycles. The second-order valence-electron chi connectivity index (χ2n) is 2.00. The highest BCUT2D eigenvalue weighted by atomic mass is 16.4. The zero-order chi connectivity index (χ0) is 7.98. The first-order valence-corrected chi connectivity index (χ1v) is 3.29. The van der Waals surface area contributed by atoms with E-state index in [9.17, 15) is 4.79 Å². The first-order chi connectivity index (χ1) is 4.68. The molecule has 0 saturated carbocycles. The lowest BCUT2D eigenvalue weighted by atomic mass is 10.3. The zero-order valence-electron chi connectivity index (χ0n) is 6.35. The lowest BCUT2D eigenvalue weighted by Gasteiger charge is -1.94. The molecule has 3 heteroatoms. The highest BCUT2D eigenvalue weighted by molar-refractivity contribution is 5.85. The van der Waals surface area contributed by atoms with Crippen molar-refractivity contribution in [2.45, 2.75) is 13.8 Å². The van der Waals surface area contributed by atoms with Crippen molar-refractivity contribution < 1.29 is 9.90 Å². The maximum atomic E-state index is 10.2. The first kappa shape index (κ1) is 9.17. The second kappa shape index (κ2) is 4.99. The highest BCUT2D eigenvalue weighted by Crippen LogP contribution is 1.88. The van der Waals surface area contributed by atoms with Crippen LogP contribution in [0.5, 0.6) is 0 Å². The molecule has 0 aromatic carbocycles. The first-order valence-electron chi connectivity index (χ1n) is 3.29. The van der Waals surface area contributed by atoms with E-state index in [0.29, 0.717) is 12.1 Å². The van der Waals surface area contributed by atoms with E-state index in [0.717, 1.165) is 6.54 Å². The Kier molecular flexibility index (Phi) is 4.58. The van der Waals surface area contributed by atoms with Gasteiger partial charge in [-0.2, -0.15) is 0 Å². The Morgan fingerprint density at radius 2 is 2.30 bits per heavy atom. The fourth-order valence-corrected chi connectivity index (χ4v) is 0.457. The minimum Gasteiger partial charge on any atom is -0.478 e. The normalized spacial score (nSPS) is 11.6. The highest BCUT2D eigenvalue weighted by Gasteiger charge is 1.96. The number of likely N-dealkylation sites (N-methyl/N-ethyl adjacent to an activating group) is 1. The molecule has 0 aliphatic rings. The second-order valence-corrected chi connectivity index (χ2v) is 2.00. The molecule has 3 nitrogen and oxygen atoms in total. The number of nitrogens with one attached hydrogen (secondary N) is 1. The molecule has 0 amide bonds. The third-order valence-electron chi connectivity index (χ3n) is 1.14. The van der Waals surface area contributed by atoms with Crippen LogP contribution >= 0.6 is 0 Å². The topological polar surface area (TPSA) is 49.3 Å². The Labute approximate surface area is 60.7 Å². The van der Waals surface area contributed by atoms with E-state index in [1.807, 2.05) is 6.92 Å². The molecule has 0 aliphatic carbocycles. The van der Waals surface area contributed by atoms with Crippen molar-refractivity contribution in [3.8, 4) is 0 Å². The van der Waals surface area contributed by atoms with Crippen LogP contribution in [0.2, 0.25) is 0 Å². The Hall–Kier alpha value is -0.830. The van der Waals surface area contributed by atoms with Crippen molar-refractivity contribution in [3.63, 3.8) is 0 Å². The Bertz CT molecular complexity index is 141. The van der Waals surface area contributed by atoms with Crippen LogP contribution in [0.1, 0.15) is 13.8 Å². The summed E-state index contributed by atoms with van der Waals surface area (Å²) in [6, 6.07) is 0. The number of carboxylic acid groups (broad SMARTS) is 1. The minimum absolute atomic E-state index is 0.390. The van der Waals surface area contributed by atoms with Gasteiger partial charge in [-0.05, 0) is 13.5 Å². The number of rotatable bonds is 4. The molecule has 0 atom stereocenters. The van der Waals surface area contributed by atoms with Gasteiger partial charge in [0.15, 0.2) is 0 Å². The quantitative estimate of drug-likeness (QED) is 0.448. The van der Waals surface area contributed by atoms with Crippen LogP contribution < -0.4 is 5.32 Å². The predicted octanol–water partition coefficient (Wildman–Crippen LogP) is 0.627. The molecule has 0 spiro atoms. The molecule has 0 saturated heterocycles. The lowest BCUT2D eigenvalue weighted by Crippen LogP contribution is -2.13. The molecule has 0 rings (SSSR count). The van der Waals surface area contributed by atoms with E-state index in [-0.39, 0.29) is 0 Å². The standard InChI is InChI=1S/C7H13NO2/c1-3-8-5-4-6(2)7(9)10/h4,8H,3,5H2,1-2H3,(H,9,10). The van der Waals surface area contributed by atoms with E-state index in [1.54, 1.807) is 13.0 Å². The summed E-state index contributed by atoms with van der Waals surface area (Å²) in [5.74, 6) is -0.849. The number of aliphatic carboxylic acids is 1. The SMILES string of the molecule is CCNCC=C(C)C(=O)O. The van der Waals surface area contributed by atoms with Crippen LogP contribution in [-0.2, 0) is 4.79 Å². The van der Waals surface area contributed by atoms with Gasteiger partial charge in [0.05, 0.1) is 0 Å². The zero-order valence-corrected chi connectivity index (χ0v) is 6.35. The minimum atomic E-state index is -0.849. The molecule has 0 aromatic rings. The van der Waals surface area contributed by atoms with Crippen molar-refractivity contribution in [2.75, 3.05) is 13.1 Å². The fraction of sp³-hybridized carbons (Fsp3) is 0.571. The van der Waals surface area contributed by atoms with Crippen molar-refractivity contribution in [3.05, 3.63) is 11.6 Å². The predicted molar refractivity (Wildman–Crippen MR) is 39.9 cm³/mol. The van der Waals surface area contributed by atoms with Gasteiger partial charge >= 0.3 is 5.97 Å². The van der Waals surface area contributed by atoms with Gasteiger partial charge in [-0.3, -0.25) is 0 Å². The van der Waals surface area contributed by atoms with E-state index in [1.165, 1.54) is 0 Å². The van der Waals surface area contributed by atoms with Crippen LogP contribution in [0.15, 0.2) is 11.6 Å². The Morgan fingerprint density at radius 3 is 2.70 bits per heavy atom. The van der Waals surface area contributed by atoms with Crippen molar-refractivity contribution in [1.29, 1.82) is 0 Å². The van der Waals surface area contributed by atoms with Gasteiger partial charge in [-0.25, -0.2) is 4.79 Å². The fourth-order valence-electron chi connectivity index (χ4n) is 0.457. The van der Waals surface area contributed by atoms with Crippen molar-refractivity contribution in [1.82, 2.24) is 5.32 Å². The molecule has 0 radical (unpaired) electrons. The van der Waals surface area contributed by atoms with Gasteiger partial charge in [-0.15, -0.1) is 0 Å². The molecule has 58 valence electrons. The average molecular weight is 143 g/mol. The van der Waals surface area contributed by atoms with Crippen LogP contribution in [0.4, 0.5) is 0 Å². The van der Waals surface area contributed by atoms with E-state index < -0.39 is 5.97 Å². The van der Waals surface area contributed by atoms with Gasteiger partial charge in [0.25, 0.3) is 0 Å². The van der Waals surface area contributed by atoms with Gasteiger partial charge in [-0.1, -0.05) is 13.0 Å². The monoisotopic (exact) mass is 143 g/mol. The summed E-state index contributed by atoms with van der Waals surface area (Å²) < 4.78 is 0. The summed E-state index contributed by atoms with van der Waals surface area (Å²) in [5.41, 5.74) is 0.390. The Morgan fingerprint density at radius 1 is 1.70 bits per heavy atom. The molecule has 2 N–H and O–H groups in total. The summed E-state index contributed by atoms with van der Waals surface area (Å²) in [5, 5.41) is 11.4. The van der Waals surface area contributed by atoms with Crippen LogP contribution in [0, 0.1) is 0 Å². The number of hydrogen-bond donors (Lipinski definition) is 2. The summed E-state index contributed by atoms with van der Waals surface area (Å²) in [4.78, 5) is 10.2. The molecular weight excluding hydrogens is 130 g/mol. The molecule has 0 aromatic heterocycles. The molecule has 0 aliphatic heterocycles. The Balaban J connectivity index is 3.58. The smallest absolute Gasteiger partial charge is 0.330 e. The summed E-state index contributed by atoms with van der Waals surface area (Å²) in [6.07, 6.45) is 1.66. The van der Waals surface area contributed by atoms with Crippen LogP contribution in [-0.4, -0.2) is 24.2 Å². The largest absolute Gasteiger partial charge is 0.478 e. The molecule has 0 unspecified atom stereocenters. The lowest BCUT2D eigenvalue weighted by molar-refractivity contribution is -0.132. The van der Waals surface area contributed by atoms with Crippen LogP contribution in [0.3, 0.4) is 0 Å². The molecule has 10 heavy (non-hydrogen) atoms. The van der Waals surface area contributed by atoms with Crippen molar-refractivity contribution in [2.24, 2.45) is 0 Å².